The molecule has 2 aromatic heterocycles. The predicted octanol–water partition coefficient (Wildman–Crippen LogP) is 4.28. The quantitative estimate of drug-likeness (QED) is 0.370. The maximum atomic E-state index is 13.0. The molecule has 0 saturated heterocycles. The normalized spacial score (nSPS) is 10.7. The van der Waals surface area contributed by atoms with Gasteiger partial charge in [0.25, 0.3) is 5.91 Å². The van der Waals surface area contributed by atoms with Crippen LogP contribution in [-0.4, -0.2) is 29.0 Å². The summed E-state index contributed by atoms with van der Waals surface area (Å²) < 4.78 is 14.1. The molecule has 0 saturated carbocycles. The van der Waals surface area contributed by atoms with Crippen molar-refractivity contribution in [3.05, 3.63) is 83.1 Å². The van der Waals surface area contributed by atoms with Gasteiger partial charge >= 0.3 is 0 Å². The van der Waals surface area contributed by atoms with Crippen molar-refractivity contribution in [2.24, 2.45) is 0 Å². The number of carbonyl (C=O) groups excluding carboxylic acids is 1. The number of benzene rings is 2. The van der Waals surface area contributed by atoms with E-state index in [4.69, 9.17) is 0 Å². The van der Waals surface area contributed by atoms with Gasteiger partial charge in [-0.15, -0.1) is 11.3 Å². The van der Waals surface area contributed by atoms with Gasteiger partial charge in [-0.05, 0) is 41.3 Å². The van der Waals surface area contributed by atoms with Gasteiger partial charge in [-0.25, -0.2) is 9.37 Å². The second-order valence-electron chi connectivity index (χ2n) is 6.58. The summed E-state index contributed by atoms with van der Waals surface area (Å²) in [4.78, 5) is 21.6. The molecular formula is C22H20FN5OS. The molecule has 0 aliphatic rings. The number of aromatic nitrogens is 2. The van der Waals surface area contributed by atoms with Gasteiger partial charge in [-0.1, -0.05) is 30.3 Å². The number of nitrogens with one attached hydrogen (secondary N) is 3. The van der Waals surface area contributed by atoms with Crippen LogP contribution in [0.4, 0.5) is 16.2 Å². The Morgan fingerprint density at radius 3 is 2.67 bits per heavy atom. The average molecular weight is 422 g/mol. The largest absolute Gasteiger partial charge is 0.368 e. The highest BCUT2D eigenvalue weighted by Gasteiger charge is 2.09. The molecule has 0 fully saturated rings. The highest BCUT2D eigenvalue weighted by atomic mass is 32.1. The van der Waals surface area contributed by atoms with Gasteiger partial charge in [0, 0.05) is 30.5 Å². The van der Waals surface area contributed by atoms with E-state index in [1.807, 2.05) is 30.3 Å². The van der Waals surface area contributed by atoms with Crippen LogP contribution in [0, 0.1) is 5.82 Å². The lowest BCUT2D eigenvalue weighted by Gasteiger charge is -2.09. The highest BCUT2D eigenvalue weighted by molar-refractivity contribution is 7.20. The van der Waals surface area contributed by atoms with Gasteiger partial charge < -0.3 is 16.0 Å². The number of hydrogen-bond donors (Lipinski definition) is 3. The van der Waals surface area contributed by atoms with E-state index in [0.717, 1.165) is 15.6 Å². The molecule has 30 heavy (non-hydrogen) atoms. The van der Waals surface area contributed by atoms with Crippen molar-refractivity contribution in [2.45, 2.75) is 6.54 Å². The van der Waals surface area contributed by atoms with Crippen LogP contribution in [0.15, 0.2) is 66.9 Å². The molecular weight excluding hydrogens is 401 g/mol. The van der Waals surface area contributed by atoms with Crippen molar-refractivity contribution in [1.82, 2.24) is 15.3 Å². The van der Waals surface area contributed by atoms with E-state index in [2.05, 4.69) is 25.9 Å². The molecule has 0 radical (unpaired) electrons. The molecule has 0 spiro atoms. The molecule has 1 amide bonds. The first-order valence-corrected chi connectivity index (χ1v) is 10.3. The van der Waals surface area contributed by atoms with E-state index < -0.39 is 0 Å². The van der Waals surface area contributed by atoms with E-state index in [0.29, 0.717) is 36.3 Å². The molecule has 6 nitrogen and oxygen atoms in total. The van der Waals surface area contributed by atoms with Crippen LogP contribution in [0.1, 0.15) is 15.2 Å². The monoisotopic (exact) mass is 421 g/mol. The number of hydrogen-bond acceptors (Lipinski definition) is 6. The van der Waals surface area contributed by atoms with Crippen molar-refractivity contribution in [3.63, 3.8) is 0 Å². The Hall–Kier alpha value is -3.52. The first kappa shape index (κ1) is 19.8. The zero-order valence-electron chi connectivity index (χ0n) is 16.1. The molecule has 4 rings (SSSR count). The van der Waals surface area contributed by atoms with Crippen LogP contribution >= 0.6 is 11.3 Å². The van der Waals surface area contributed by atoms with Crippen molar-refractivity contribution in [3.8, 4) is 0 Å². The third-order valence-electron chi connectivity index (χ3n) is 4.39. The van der Waals surface area contributed by atoms with E-state index in [-0.39, 0.29) is 11.7 Å². The Morgan fingerprint density at radius 1 is 1.00 bits per heavy atom. The van der Waals surface area contributed by atoms with Gasteiger partial charge in [-0.3, -0.25) is 4.79 Å². The second kappa shape index (κ2) is 9.32. The van der Waals surface area contributed by atoms with E-state index in [1.54, 1.807) is 24.4 Å². The summed E-state index contributed by atoms with van der Waals surface area (Å²) in [6.45, 7) is 1.50. The Morgan fingerprint density at radius 2 is 1.83 bits per heavy atom. The lowest BCUT2D eigenvalue weighted by molar-refractivity contribution is 0.0959. The van der Waals surface area contributed by atoms with E-state index >= 15 is 0 Å². The van der Waals surface area contributed by atoms with Crippen molar-refractivity contribution >= 4 is 39.1 Å². The third-order valence-corrected chi connectivity index (χ3v) is 5.50. The number of rotatable bonds is 8. The number of thiophene rings is 1. The molecule has 2 heterocycles. The fraction of sp³-hybridized carbons (Fsp3) is 0.136. The molecule has 0 unspecified atom stereocenters. The van der Waals surface area contributed by atoms with Gasteiger partial charge in [0.05, 0.1) is 4.88 Å². The fourth-order valence-corrected chi connectivity index (χ4v) is 3.85. The van der Waals surface area contributed by atoms with Crippen LogP contribution in [0.5, 0.6) is 0 Å². The van der Waals surface area contributed by atoms with Crippen LogP contribution < -0.4 is 16.0 Å². The van der Waals surface area contributed by atoms with Crippen molar-refractivity contribution in [1.29, 1.82) is 0 Å². The standard InChI is InChI=1S/C22H20FN5OS/c23-17-7-5-15(6-8-17)14-27-22-26-10-9-20(28-22)24-11-12-25-21(29)19-13-16-3-1-2-4-18(16)30-19/h1-10,13H,11-12,14H2,(H,25,29)(H2,24,26,27,28). The topological polar surface area (TPSA) is 78.9 Å². The van der Waals surface area contributed by atoms with Crippen LogP contribution in [0.3, 0.4) is 0 Å². The summed E-state index contributed by atoms with van der Waals surface area (Å²) in [6, 6.07) is 17.9. The SMILES string of the molecule is O=C(NCCNc1ccnc(NCc2ccc(F)cc2)n1)c1cc2ccccc2s1. The number of fused-ring (bicyclic) bond motifs is 1. The molecule has 8 heteroatoms. The zero-order valence-corrected chi connectivity index (χ0v) is 16.9. The van der Waals surface area contributed by atoms with E-state index in [1.165, 1.54) is 23.5 Å². The maximum Gasteiger partial charge on any atom is 0.261 e. The summed E-state index contributed by atoms with van der Waals surface area (Å²) >= 11 is 1.48. The molecule has 152 valence electrons. The lowest BCUT2D eigenvalue weighted by atomic mass is 10.2. The number of nitrogens with zero attached hydrogens (tertiary/aromatic N) is 2. The van der Waals surface area contributed by atoms with Crippen molar-refractivity contribution < 1.29 is 9.18 Å². The summed E-state index contributed by atoms with van der Waals surface area (Å²) in [5.74, 6) is 0.782. The minimum Gasteiger partial charge on any atom is -0.368 e. The summed E-state index contributed by atoms with van der Waals surface area (Å²) in [6.07, 6.45) is 1.65. The van der Waals surface area contributed by atoms with Gasteiger partial charge in [-0.2, -0.15) is 4.98 Å². The summed E-state index contributed by atoms with van der Waals surface area (Å²) in [7, 11) is 0. The zero-order chi connectivity index (χ0) is 20.8. The molecule has 4 aromatic rings. The minimum atomic E-state index is -0.263. The Kier molecular flexibility index (Phi) is 6.14. The predicted molar refractivity (Wildman–Crippen MR) is 118 cm³/mol. The molecule has 0 aliphatic heterocycles. The first-order valence-electron chi connectivity index (χ1n) is 9.49. The minimum absolute atomic E-state index is 0.0812. The second-order valence-corrected chi connectivity index (χ2v) is 7.66. The van der Waals surface area contributed by atoms with Crippen molar-refractivity contribution in [2.75, 3.05) is 23.7 Å². The van der Waals surface area contributed by atoms with Gasteiger partial charge in [0.15, 0.2) is 0 Å². The molecule has 3 N–H and O–H groups in total. The maximum absolute atomic E-state index is 13.0. The molecule has 2 aromatic carbocycles. The van der Waals surface area contributed by atoms with Crippen LogP contribution in [0.25, 0.3) is 10.1 Å². The Labute approximate surface area is 177 Å². The highest BCUT2D eigenvalue weighted by Crippen LogP contribution is 2.24. The number of amides is 1. The summed E-state index contributed by atoms with van der Waals surface area (Å²) in [5.41, 5.74) is 0.933. The molecule has 0 atom stereocenters. The number of carbonyl (C=O) groups is 1. The fourth-order valence-electron chi connectivity index (χ4n) is 2.87. The summed E-state index contributed by atoms with van der Waals surface area (Å²) in [5, 5.41) is 10.3. The Balaban J connectivity index is 1.24. The van der Waals surface area contributed by atoms with Crippen LogP contribution in [0.2, 0.25) is 0 Å². The molecule has 0 bridgehead atoms. The lowest BCUT2D eigenvalue weighted by Crippen LogP contribution is -2.28. The number of halogens is 1. The first-order chi connectivity index (χ1) is 14.7. The van der Waals surface area contributed by atoms with Crippen LogP contribution in [-0.2, 0) is 6.54 Å². The Bertz CT molecular complexity index is 1110. The molecule has 0 aliphatic carbocycles. The van der Waals surface area contributed by atoms with Gasteiger partial charge in [0.2, 0.25) is 5.95 Å². The average Bonchev–Trinajstić information content (AvgIpc) is 3.21. The third kappa shape index (κ3) is 5.09. The van der Waals surface area contributed by atoms with Gasteiger partial charge in [0.1, 0.15) is 11.6 Å². The van der Waals surface area contributed by atoms with E-state index in [9.17, 15) is 9.18 Å². The smallest absolute Gasteiger partial charge is 0.261 e. The number of anilines is 2.